The van der Waals surface area contributed by atoms with Crippen molar-refractivity contribution in [2.45, 2.75) is 13.3 Å². The fourth-order valence-electron chi connectivity index (χ4n) is 0.236. The average molecular weight is 85.1 g/mol. The second-order valence-corrected chi connectivity index (χ2v) is 1.10. The van der Waals surface area contributed by atoms with E-state index in [4.69, 9.17) is 5.11 Å². The minimum Gasteiger partial charge on any atom is -0.513 e. The highest BCUT2D eigenvalue weighted by Gasteiger charge is 1.70. The highest BCUT2D eigenvalue weighted by atomic mass is 16.3. The molecule has 1 heteroatoms. The highest BCUT2D eigenvalue weighted by molar-refractivity contribution is 4.91. The van der Waals surface area contributed by atoms with Gasteiger partial charge in [-0.15, -0.1) is 0 Å². The number of rotatable bonds is 1. The molecule has 0 saturated carbocycles. The van der Waals surface area contributed by atoms with Crippen LogP contribution in [0.15, 0.2) is 11.8 Å². The van der Waals surface area contributed by atoms with Crippen molar-refractivity contribution < 1.29 is 5.11 Å². The van der Waals surface area contributed by atoms with Crippen LogP contribution in [0.3, 0.4) is 0 Å². The molecule has 0 aliphatic heterocycles. The van der Waals surface area contributed by atoms with Gasteiger partial charge in [-0.05, 0) is 12.5 Å². The molecule has 0 aromatic rings. The summed E-state index contributed by atoms with van der Waals surface area (Å²) in [4.78, 5) is 0. The first kappa shape index (κ1) is 5.54. The summed E-state index contributed by atoms with van der Waals surface area (Å²) in [7, 11) is 0. The van der Waals surface area contributed by atoms with Gasteiger partial charge in [0, 0.05) is 6.92 Å². The van der Waals surface area contributed by atoms with Crippen LogP contribution in [0, 0.1) is 6.92 Å². The molecule has 0 aliphatic carbocycles. The monoisotopic (exact) mass is 85.1 g/mol. The van der Waals surface area contributed by atoms with Crippen molar-refractivity contribution in [1.82, 2.24) is 0 Å². The van der Waals surface area contributed by atoms with Gasteiger partial charge in [0.05, 0.1) is 5.76 Å². The van der Waals surface area contributed by atoms with Crippen LogP contribution < -0.4 is 0 Å². The lowest BCUT2D eigenvalue weighted by atomic mass is 10.4. The van der Waals surface area contributed by atoms with Crippen LogP contribution in [0.2, 0.25) is 0 Å². The van der Waals surface area contributed by atoms with Crippen molar-refractivity contribution in [3.63, 3.8) is 0 Å². The maximum Gasteiger partial charge on any atom is 0.0887 e. The SMILES string of the molecule is [CH2]C(O)=CCC. The van der Waals surface area contributed by atoms with Gasteiger partial charge in [-0.1, -0.05) is 6.92 Å². The van der Waals surface area contributed by atoms with E-state index in [0.29, 0.717) is 0 Å². The largest absolute Gasteiger partial charge is 0.513 e. The Morgan fingerprint density at radius 3 is 2.50 bits per heavy atom. The van der Waals surface area contributed by atoms with Crippen molar-refractivity contribution in [1.29, 1.82) is 0 Å². The lowest BCUT2D eigenvalue weighted by molar-refractivity contribution is 0.428. The van der Waals surface area contributed by atoms with Crippen LogP contribution in [0.1, 0.15) is 13.3 Å². The van der Waals surface area contributed by atoms with Gasteiger partial charge in [0.1, 0.15) is 0 Å². The maximum atomic E-state index is 8.30. The fraction of sp³-hybridized carbons (Fsp3) is 0.400. The zero-order valence-corrected chi connectivity index (χ0v) is 3.94. The lowest BCUT2D eigenvalue weighted by Crippen LogP contribution is -1.65. The van der Waals surface area contributed by atoms with E-state index in [0.717, 1.165) is 6.42 Å². The number of hydrogen-bond acceptors (Lipinski definition) is 1. The van der Waals surface area contributed by atoms with Gasteiger partial charge in [0.25, 0.3) is 0 Å². The number of hydrogen-bond donors (Lipinski definition) is 1. The van der Waals surface area contributed by atoms with Gasteiger partial charge >= 0.3 is 0 Å². The maximum absolute atomic E-state index is 8.30. The molecular weight excluding hydrogens is 76.1 g/mol. The molecule has 1 N–H and O–H groups in total. The first-order valence-corrected chi connectivity index (χ1v) is 1.98. The van der Waals surface area contributed by atoms with Crippen LogP contribution >= 0.6 is 0 Å². The Morgan fingerprint density at radius 1 is 2.00 bits per heavy atom. The van der Waals surface area contributed by atoms with E-state index in [1.807, 2.05) is 6.92 Å². The fourth-order valence-corrected chi connectivity index (χ4v) is 0.236. The quantitative estimate of drug-likeness (QED) is 0.480. The Labute approximate surface area is 38.3 Å². The van der Waals surface area contributed by atoms with E-state index in [2.05, 4.69) is 6.92 Å². The zero-order chi connectivity index (χ0) is 4.99. The van der Waals surface area contributed by atoms with E-state index in [1.54, 1.807) is 6.08 Å². The molecule has 0 unspecified atom stereocenters. The minimum absolute atomic E-state index is 0.164. The van der Waals surface area contributed by atoms with E-state index in [9.17, 15) is 0 Å². The third kappa shape index (κ3) is 3.54. The molecule has 0 atom stereocenters. The third-order valence-corrected chi connectivity index (χ3v) is 0.440. The first-order valence-electron chi connectivity index (χ1n) is 1.98. The summed E-state index contributed by atoms with van der Waals surface area (Å²) < 4.78 is 0. The molecule has 0 fully saturated rings. The molecule has 0 spiro atoms. The number of aliphatic hydroxyl groups is 1. The van der Waals surface area contributed by atoms with Crippen LogP contribution in [0.5, 0.6) is 0 Å². The Balaban J connectivity index is 3.14. The van der Waals surface area contributed by atoms with Crippen molar-refractivity contribution >= 4 is 0 Å². The van der Waals surface area contributed by atoms with Gasteiger partial charge in [-0.2, -0.15) is 0 Å². The predicted octanol–water partition coefficient (Wildman–Crippen LogP) is 1.67. The molecule has 0 rings (SSSR count). The van der Waals surface area contributed by atoms with Crippen molar-refractivity contribution in [3.8, 4) is 0 Å². The van der Waals surface area contributed by atoms with Gasteiger partial charge in [0.2, 0.25) is 0 Å². The van der Waals surface area contributed by atoms with E-state index in [-0.39, 0.29) is 5.76 Å². The number of aliphatic hydroxyl groups excluding tert-OH is 1. The molecule has 1 radical (unpaired) electrons. The third-order valence-electron chi connectivity index (χ3n) is 0.440. The molecule has 35 valence electrons. The average Bonchev–Trinajstić information content (AvgIpc) is 1.35. The van der Waals surface area contributed by atoms with Crippen molar-refractivity contribution in [2.24, 2.45) is 0 Å². The summed E-state index contributed by atoms with van der Waals surface area (Å²) in [6, 6.07) is 0. The Hall–Kier alpha value is -0.460. The highest BCUT2D eigenvalue weighted by Crippen LogP contribution is 1.84. The Bertz CT molecular complexity index is 51.0. The molecule has 0 saturated heterocycles. The van der Waals surface area contributed by atoms with Gasteiger partial charge in [-0.3, -0.25) is 0 Å². The van der Waals surface area contributed by atoms with E-state index < -0.39 is 0 Å². The van der Waals surface area contributed by atoms with Gasteiger partial charge in [0.15, 0.2) is 0 Å². The predicted molar refractivity (Wildman–Crippen MR) is 26.4 cm³/mol. The van der Waals surface area contributed by atoms with E-state index >= 15 is 0 Å². The second kappa shape index (κ2) is 2.76. The number of allylic oxidation sites excluding steroid dienone is 2. The Kier molecular flexibility index (Phi) is 2.55. The minimum atomic E-state index is 0.164. The summed E-state index contributed by atoms with van der Waals surface area (Å²) in [6.07, 6.45) is 2.51. The topological polar surface area (TPSA) is 20.2 Å². The lowest BCUT2D eigenvalue weighted by Gasteiger charge is -1.80. The first-order chi connectivity index (χ1) is 2.77. The second-order valence-electron chi connectivity index (χ2n) is 1.10. The molecular formula is C5H9O. The molecule has 0 aliphatic rings. The van der Waals surface area contributed by atoms with Crippen LogP contribution in [0.4, 0.5) is 0 Å². The summed E-state index contributed by atoms with van der Waals surface area (Å²) in [6.45, 7) is 5.19. The van der Waals surface area contributed by atoms with Crippen LogP contribution in [-0.2, 0) is 0 Å². The Morgan fingerprint density at radius 2 is 2.50 bits per heavy atom. The van der Waals surface area contributed by atoms with Crippen LogP contribution in [-0.4, -0.2) is 5.11 Å². The molecule has 0 heterocycles. The van der Waals surface area contributed by atoms with Crippen LogP contribution in [0.25, 0.3) is 0 Å². The van der Waals surface area contributed by atoms with E-state index in [1.165, 1.54) is 0 Å². The smallest absolute Gasteiger partial charge is 0.0887 e. The summed E-state index contributed by atoms with van der Waals surface area (Å²) in [5, 5.41) is 8.30. The normalized spacial score (nSPS) is 12.0. The summed E-state index contributed by atoms with van der Waals surface area (Å²) >= 11 is 0. The van der Waals surface area contributed by atoms with Gasteiger partial charge < -0.3 is 5.11 Å². The summed E-state index contributed by atoms with van der Waals surface area (Å²) in [5.74, 6) is 0.164. The molecule has 0 aromatic heterocycles. The molecule has 6 heavy (non-hydrogen) atoms. The van der Waals surface area contributed by atoms with Crippen molar-refractivity contribution in [2.75, 3.05) is 0 Å². The van der Waals surface area contributed by atoms with Gasteiger partial charge in [-0.25, -0.2) is 0 Å². The molecule has 0 aromatic carbocycles. The summed E-state index contributed by atoms with van der Waals surface area (Å²) in [5.41, 5.74) is 0. The van der Waals surface area contributed by atoms with Crippen molar-refractivity contribution in [3.05, 3.63) is 18.8 Å². The standard InChI is InChI=1S/C5H9O/c1-3-4-5(2)6/h4,6H,2-3H2,1H3. The zero-order valence-electron chi connectivity index (χ0n) is 3.94. The molecule has 1 nitrogen and oxygen atoms in total. The molecule has 0 amide bonds. The molecule has 0 bridgehead atoms.